The molecule has 1 aromatic carbocycles. The number of nitrogens with one attached hydrogen (secondary N) is 1. The molecule has 0 saturated carbocycles. The van der Waals surface area contributed by atoms with Gasteiger partial charge in [-0.05, 0) is 37.5 Å². The van der Waals surface area contributed by atoms with E-state index in [1.165, 1.54) is 5.56 Å². The summed E-state index contributed by atoms with van der Waals surface area (Å²) in [7, 11) is 0. The average Bonchev–Trinajstić information content (AvgIpc) is 3.00. The average molecular weight is 379 g/mol. The van der Waals surface area contributed by atoms with Crippen LogP contribution < -0.4 is 5.32 Å². The Kier molecular flexibility index (Phi) is 4.82. The van der Waals surface area contributed by atoms with Crippen LogP contribution in [-0.4, -0.2) is 30.8 Å². The smallest absolute Gasteiger partial charge is 0.289 e. The van der Waals surface area contributed by atoms with E-state index >= 15 is 0 Å². The topological polar surface area (TPSA) is 64.4 Å². The third-order valence-corrected chi connectivity index (χ3v) is 4.82. The number of carbonyl (C=O) groups is 1. The molecule has 1 aliphatic rings. The zero-order chi connectivity index (χ0) is 16.3. The van der Waals surface area contributed by atoms with Crippen molar-refractivity contribution in [1.29, 1.82) is 0 Å². The highest BCUT2D eigenvalue weighted by atomic mass is 79.9. The van der Waals surface area contributed by atoms with Crippen molar-refractivity contribution < 1.29 is 14.1 Å². The van der Waals surface area contributed by atoms with Crippen LogP contribution >= 0.6 is 15.9 Å². The Morgan fingerprint density at radius 2 is 2.13 bits per heavy atom. The van der Waals surface area contributed by atoms with Crippen molar-refractivity contribution >= 4 is 21.8 Å². The van der Waals surface area contributed by atoms with Crippen molar-refractivity contribution in [2.24, 2.45) is 0 Å². The van der Waals surface area contributed by atoms with Crippen molar-refractivity contribution in [3.63, 3.8) is 0 Å². The molecule has 0 unspecified atom stereocenters. The van der Waals surface area contributed by atoms with Crippen LogP contribution in [0.4, 0.5) is 0 Å². The van der Waals surface area contributed by atoms with Crippen LogP contribution in [0, 0.1) is 6.92 Å². The molecule has 1 aliphatic heterocycles. The predicted octanol–water partition coefficient (Wildman–Crippen LogP) is 3.22. The molecule has 1 aromatic heterocycles. The molecule has 0 spiro atoms. The fourth-order valence-corrected chi connectivity index (χ4v) is 3.35. The van der Waals surface area contributed by atoms with Crippen molar-refractivity contribution in [3.8, 4) is 0 Å². The fraction of sp³-hybridized carbons (Fsp3) is 0.412. The molecule has 2 heterocycles. The van der Waals surface area contributed by atoms with Gasteiger partial charge in [0.25, 0.3) is 5.91 Å². The number of benzene rings is 1. The second kappa shape index (κ2) is 6.84. The molecular formula is C17H19BrN2O3. The molecule has 1 saturated heterocycles. The highest BCUT2D eigenvalue weighted by Gasteiger charge is 2.35. The molecule has 122 valence electrons. The maximum absolute atomic E-state index is 12.3. The number of aromatic nitrogens is 1. The molecule has 0 bridgehead atoms. The SMILES string of the molecule is Cc1cc(C(=O)NCC2(c3cccc(Br)c3)CCOCC2)on1. The Bertz CT molecular complexity index is 693. The van der Waals surface area contributed by atoms with Crippen molar-refractivity contribution in [3.05, 3.63) is 51.8 Å². The Morgan fingerprint density at radius 3 is 2.78 bits per heavy atom. The van der Waals surface area contributed by atoms with Gasteiger partial charge < -0.3 is 14.6 Å². The summed E-state index contributed by atoms with van der Waals surface area (Å²) in [6.07, 6.45) is 1.75. The maximum Gasteiger partial charge on any atom is 0.289 e. The first-order valence-electron chi connectivity index (χ1n) is 7.64. The van der Waals surface area contributed by atoms with Gasteiger partial charge in [0.2, 0.25) is 5.76 Å². The lowest BCUT2D eigenvalue weighted by atomic mass is 9.74. The number of hydrogen-bond acceptors (Lipinski definition) is 4. The van der Waals surface area contributed by atoms with E-state index in [0.717, 1.165) is 17.3 Å². The molecule has 1 amide bonds. The molecule has 0 radical (unpaired) electrons. The lowest BCUT2D eigenvalue weighted by Crippen LogP contribution is -2.44. The van der Waals surface area contributed by atoms with Gasteiger partial charge in [0.1, 0.15) is 0 Å². The summed E-state index contributed by atoms with van der Waals surface area (Å²) in [5.41, 5.74) is 1.79. The van der Waals surface area contributed by atoms with Crippen molar-refractivity contribution in [1.82, 2.24) is 10.5 Å². The van der Waals surface area contributed by atoms with Gasteiger partial charge >= 0.3 is 0 Å². The molecule has 6 heteroatoms. The summed E-state index contributed by atoms with van der Waals surface area (Å²) >= 11 is 3.53. The summed E-state index contributed by atoms with van der Waals surface area (Å²) in [5, 5.41) is 6.75. The highest BCUT2D eigenvalue weighted by Crippen LogP contribution is 2.35. The van der Waals surface area contributed by atoms with Gasteiger partial charge in [-0.25, -0.2) is 0 Å². The largest absolute Gasteiger partial charge is 0.381 e. The van der Waals surface area contributed by atoms with Gasteiger partial charge in [0, 0.05) is 35.7 Å². The van der Waals surface area contributed by atoms with Crippen LogP contribution in [0.5, 0.6) is 0 Å². The molecule has 0 aliphatic carbocycles. The predicted molar refractivity (Wildman–Crippen MR) is 89.4 cm³/mol. The summed E-state index contributed by atoms with van der Waals surface area (Å²) in [4.78, 5) is 12.3. The number of amides is 1. The highest BCUT2D eigenvalue weighted by molar-refractivity contribution is 9.10. The van der Waals surface area contributed by atoms with E-state index in [4.69, 9.17) is 9.26 Å². The minimum atomic E-state index is -0.230. The van der Waals surface area contributed by atoms with E-state index in [0.29, 0.717) is 25.5 Å². The lowest BCUT2D eigenvalue weighted by Gasteiger charge is -2.38. The zero-order valence-electron chi connectivity index (χ0n) is 13.0. The van der Waals surface area contributed by atoms with Crippen LogP contribution in [0.15, 0.2) is 39.3 Å². The van der Waals surface area contributed by atoms with Gasteiger partial charge in [-0.2, -0.15) is 0 Å². The van der Waals surface area contributed by atoms with Crippen LogP contribution in [0.25, 0.3) is 0 Å². The second-order valence-corrected chi connectivity index (χ2v) is 6.83. The van der Waals surface area contributed by atoms with Crippen LogP contribution in [0.1, 0.15) is 34.7 Å². The Balaban J connectivity index is 1.78. The van der Waals surface area contributed by atoms with E-state index in [-0.39, 0.29) is 17.1 Å². The number of aryl methyl sites for hydroxylation is 1. The Morgan fingerprint density at radius 1 is 1.35 bits per heavy atom. The first-order valence-corrected chi connectivity index (χ1v) is 8.44. The van der Waals surface area contributed by atoms with Gasteiger partial charge in [0.15, 0.2) is 0 Å². The number of halogens is 1. The molecule has 1 fully saturated rings. The normalized spacial score (nSPS) is 17.0. The molecular weight excluding hydrogens is 360 g/mol. The van der Waals surface area contributed by atoms with E-state index in [2.05, 4.69) is 38.5 Å². The molecule has 2 aromatic rings. The van der Waals surface area contributed by atoms with E-state index in [1.54, 1.807) is 13.0 Å². The van der Waals surface area contributed by atoms with Crippen LogP contribution in [0.2, 0.25) is 0 Å². The number of carbonyl (C=O) groups excluding carboxylic acids is 1. The minimum absolute atomic E-state index is 0.118. The molecule has 23 heavy (non-hydrogen) atoms. The van der Waals surface area contributed by atoms with Crippen LogP contribution in [0.3, 0.4) is 0 Å². The van der Waals surface area contributed by atoms with E-state index < -0.39 is 0 Å². The Hall–Kier alpha value is -1.66. The third kappa shape index (κ3) is 3.64. The number of ether oxygens (including phenoxy) is 1. The van der Waals surface area contributed by atoms with Crippen molar-refractivity contribution in [2.45, 2.75) is 25.2 Å². The number of rotatable bonds is 4. The number of hydrogen-bond donors (Lipinski definition) is 1. The molecule has 0 atom stereocenters. The van der Waals surface area contributed by atoms with Crippen LogP contribution in [-0.2, 0) is 10.2 Å². The molecule has 1 N–H and O–H groups in total. The van der Waals surface area contributed by atoms with Crippen molar-refractivity contribution in [2.75, 3.05) is 19.8 Å². The van der Waals surface area contributed by atoms with E-state index in [1.807, 2.05) is 12.1 Å². The summed E-state index contributed by atoms with van der Waals surface area (Å²) in [6, 6.07) is 9.91. The number of nitrogens with zero attached hydrogens (tertiary/aromatic N) is 1. The summed E-state index contributed by atoms with van der Waals surface area (Å²) in [5.74, 6) is 0.0189. The first kappa shape index (κ1) is 16.2. The molecule has 3 rings (SSSR count). The standard InChI is InChI=1S/C17H19BrN2O3/c1-12-9-15(23-20-12)16(21)19-11-17(5-7-22-8-6-17)13-3-2-4-14(18)10-13/h2-4,9-10H,5-8,11H2,1H3,(H,19,21). The minimum Gasteiger partial charge on any atom is -0.381 e. The van der Waals surface area contributed by atoms with Gasteiger partial charge in [-0.3, -0.25) is 4.79 Å². The second-order valence-electron chi connectivity index (χ2n) is 5.92. The Labute approximate surface area is 143 Å². The monoisotopic (exact) mass is 378 g/mol. The summed E-state index contributed by atoms with van der Waals surface area (Å²) in [6.45, 7) is 3.74. The summed E-state index contributed by atoms with van der Waals surface area (Å²) < 4.78 is 11.6. The zero-order valence-corrected chi connectivity index (χ0v) is 14.6. The molecule has 5 nitrogen and oxygen atoms in total. The van der Waals surface area contributed by atoms with Gasteiger partial charge in [0.05, 0.1) is 5.69 Å². The van der Waals surface area contributed by atoms with Gasteiger partial charge in [-0.1, -0.05) is 33.2 Å². The third-order valence-electron chi connectivity index (χ3n) is 4.33. The fourth-order valence-electron chi connectivity index (χ4n) is 2.96. The van der Waals surface area contributed by atoms with E-state index in [9.17, 15) is 4.79 Å². The van der Waals surface area contributed by atoms with Gasteiger partial charge in [-0.15, -0.1) is 0 Å². The lowest BCUT2D eigenvalue weighted by molar-refractivity contribution is 0.0483. The maximum atomic E-state index is 12.3. The first-order chi connectivity index (χ1) is 11.1. The quantitative estimate of drug-likeness (QED) is 0.886.